The quantitative estimate of drug-likeness (QED) is 0.852. The predicted molar refractivity (Wildman–Crippen MR) is 70.6 cm³/mol. The molecule has 0 saturated carbocycles. The second kappa shape index (κ2) is 5.12. The van der Waals surface area contributed by atoms with E-state index in [2.05, 4.69) is 61.6 Å². The second-order valence-corrected chi connectivity index (χ2v) is 5.31. The van der Waals surface area contributed by atoms with Gasteiger partial charge in [0.1, 0.15) is 0 Å². The maximum atomic E-state index is 5.84. The highest BCUT2D eigenvalue weighted by Gasteiger charge is 2.10. The van der Waals surface area contributed by atoms with Crippen LogP contribution in [-0.2, 0) is 6.42 Å². The fourth-order valence-corrected chi connectivity index (χ4v) is 2.93. The van der Waals surface area contributed by atoms with E-state index in [4.69, 9.17) is 5.73 Å². The Hall–Kier alpha value is -0.0900. The standard InChI is InChI=1S/C12H18IN/c1-8(2)12-10(7-9(3)14)5-4-6-11(12)13/h4-6,8-9H,7,14H2,1-3H3. The summed E-state index contributed by atoms with van der Waals surface area (Å²) < 4.78 is 1.36. The van der Waals surface area contributed by atoms with Gasteiger partial charge >= 0.3 is 0 Å². The topological polar surface area (TPSA) is 26.0 Å². The molecule has 14 heavy (non-hydrogen) atoms. The van der Waals surface area contributed by atoms with Crippen molar-refractivity contribution in [3.63, 3.8) is 0 Å². The Morgan fingerprint density at radius 2 is 1.93 bits per heavy atom. The molecule has 1 aromatic rings. The Kier molecular flexibility index (Phi) is 4.38. The van der Waals surface area contributed by atoms with Crippen LogP contribution in [0.3, 0.4) is 0 Å². The van der Waals surface area contributed by atoms with Gasteiger partial charge in [-0.2, -0.15) is 0 Å². The number of benzene rings is 1. The van der Waals surface area contributed by atoms with Gasteiger partial charge in [0.15, 0.2) is 0 Å². The minimum absolute atomic E-state index is 0.241. The van der Waals surface area contributed by atoms with Gasteiger partial charge in [-0.15, -0.1) is 0 Å². The summed E-state index contributed by atoms with van der Waals surface area (Å²) in [6, 6.07) is 6.72. The van der Waals surface area contributed by atoms with E-state index < -0.39 is 0 Å². The van der Waals surface area contributed by atoms with Crippen LogP contribution in [0.25, 0.3) is 0 Å². The van der Waals surface area contributed by atoms with Crippen LogP contribution in [0.5, 0.6) is 0 Å². The molecular weight excluding hydrogens is 285 g/mol. The molecule has 2 heteroatoms. The molecule has 0 radical (unpaired) electrons. The fraction of sp³-hybridized carbons (Fsp3) is 0.500. The van der Waals surface area contributed by atoms with Gasteiger partial charge in [0, 0.05) is 9.61 Å². The number of hydrogen-bond donors (Lipinski definition) is 1. The Balaban J connectivity index is 3.08. The third-order valence-electron chi connectivity index (χ3n) is 2.26. The zero-order valence-electron chi connectivity index (χ0n) is 9.05. The van der Waals surface area contributed by atoms with Crippen molar-refractivity contribution in [3.8, 4) is 0 Å². The molecular formula is C12H18IN. The second-order valence-electron chi connectivity index (χ2n) is 4.15. The largest absolute Gasteiger partial charge is 0.328 e. The highest BCUT2D eigenvalue weighted by atomic mass is 127. The van der Waals surface area contributed by atoms with Crippen LogP contribution in [0.15, 0.2) is 18.2 Å². The molecule has 0 heterocycles. The van der Waals surface area contributed by atoms with E-state index in [1.807, 2.05) is 0 Å². The molecule has 0 bridgehead atoms. The van der Waals surface area contributed by atoms with E-state index in [0.717, 1.165) is 6.42 Å². The normalized spacial score (nSPS) is 13.3. The molecule has 0 aromatic heterocycles. The van der Waals surface area contributed by atoms with Gasteiger partial charge in [-0.05, 0) is 59.0 Å². The van der Waals surface area contributed by atoms with Crippen molar-refractivity contribution in [2.45, 2.75) is 39.2 Å². The Morgan fingerprint density at radius 3 is 2.43 bits per heavy atom. The molecule has 0 aliphatic carbocycles. The first-order chi connectivity index (χ1) is 6.52. The first kappa shape index (κ1) is 12.0. The zero-order valence-corrected chi connectivity index (χ0v) is 11.2. The first-order valence-electron chi connectivity index (χ1n) is 5.05. The summed E-state index contributed by atoms with van der Waals surface area (Å²) in [5.41, 5.74) is 8.71. The highest BCUT2D eigenvalue weighted by molar-refractivity contribution is 14.1. The number of rotatable bonds is 3. The van der Waals surface area contributed by atoms with E-state index in [0.29, 0.717) is 5.92 Å². The smallest absolute Gasteiger partial charge is 0.0167 e. The molecule has 0 fully saturated rings. The van der Waals surface area contributed by atoms with Crippen LogP contribution < -0.4 is 5.73 Å². The lowest BCUT2D eigenvalue weighted by atomic mass is 9.94. The lowest BCUT2D eigenvalue weighted by Crippen LogP contribution is -2.19. The summed E-state index contributed by atoms with van der Waals surface area (Å²) in [5, 5.41) is 0. The lowest BCUT2D eigenvalue weighted by Gasteiger charge is -2.16. The Bertz CT molecular complexity index is 305. The predicted octanol–water partition coefficient (Wildman–Crippen LogP) is 3.30. The summed E-state index contributed by atoms with van der Waals surface area (Å²) in [5.74, 6) is 0.580. The average Bonchev–Trinajstić information content (AvgIpc) is 2.01. The third kappa shape index (κ3) is 2.95. The van der Waals surface area contributed by atoms with E-state index in [1.165, 1.54) is 14.7 Å². The molecule has 0 aliphatic heterocycles. The maximum Gasteiger partial charge on any atom is 0.0167 e. The molecule has 1 nitrogen and oxygen atoms in total. The fourth-order valence-electron chi connectivity index (χ4n) is 1.75. The first-order valence-corrected chi connectivity index (χ1v) is 6.13. The van der Waals surface area contributed by atoms with Crippen LogP contribution in [0.1, 0.15) is 37.8 Å². The van der Waals surface area contributed by atoms with Crippen molar-refractivity contribution in [2.24, 2.45) is 5.73 Å². The van der Waals surface area contributed by atoms with Crippen LogP contribution >= 0.6 is 22.6 Å². The van der Waals surface area contributed by atoms with Crippen molar-refractivity contribution in [1.82, 2.24) is 0 Å². The molecule has 1 rings (SSSR count). The van der Waals surface area contributed by atoms with E-state index in [1.54, 1.807) is 0 Å². The molecule has 1 unspecified atom stereocenters. The van der Waals surface area contributed by atoms with Crippen molar-refractivity contribution >= 4 is 22.6 Å². The summed E-state index contributed by atoms with van der Waals surface area (Å²) in [7, 11) is 0. The van der Waals surface area contributed by atoms with E-state index >= 15 is 0 Å². The molecule has 2 N–H and O–H groups in total. The minimum Gasteiger partial charge on any atom is -0.328 e. The van der Waals surface area contributed by atoms with Gasteiger partial charge in [0.05, 0.1) is 0 Å². The van der Waals surface area contributed by atoms with Gasteiger partial charge in [-0.3, -0.25) is 0 Å². The summed E-state index contributed by atoms with van der Waals surface area (Å²) in [6.07, 6.45) is 0.977. The van der Waals surface area contributed by atoms with E-state index in [9.17, 15) is 0 Å². The SMILES string of the molecule is CC(N)Cc1cccc(I)c1C(C)C. The maximum absolute atomic E-state index is 5.84. The Morgan fingerprint density at radius 1 is 1.29 bits per heavy atom. The van der Waals surface area contributed by atoms with Crippen molar-refractivity contribution < 1.29 is 0 Å². The summed E-state index contributed by atoms with van der Waals surface area (Å²) in [6.45, 7) is 6.54. The van der Waals surface area contributed by atoms with Crippen LogP contribution in [0.2, 0.25) is 0 Å². The summed E-state index contributed by atoms with van der Waals surface area (Å²) in [4.78, 5) is 0. The van der Waals surface area contributed by atoms with Gasteiger partial charge in [0.2, 0.25) is 0 Å². The molecule has 78 valence electrons. The molecule has 1 atom stereocenters. The van der Waals surface area contributed by atoms with Crippen LogP contribution in [0, 0.1) is 3.57 Å². The van der Waals surface area contributed by atoms with Gasteiger partial charge in [-0.1, -0.05) is 26.0 Å². The summed E-state index contributed by atoms with van der Waals surface area (Å²) >= 11 is 2.41. The molecule has 1 aromatic carbocycles. The van der Waals surface area contributed by atoms with Crippen molar-refractivity contribution in [3.05, 3.63) is 32.9 Å². The Labute approximate surface area is 100 Å². The van der Waals surface area contributed by atoms with Crippen LogP contribution in [0.4, 0.5) is 0 Å². The molecule has 0 aliphatic rings. The molecule has 0 spiro atoms. The molecule has 0 amide bonds. The van der Waals surface area contributed by atoms with Gasteiger partial charge in [-0.25, -0.2) is 0 Å². The average molecular weight is 303 g/mol. The third-order valence-corrected chi connectivity index (χ3v) is 3.20. The number of hydrogen-bond acceptors (Lipinski definition) is 1. The van der Waals surface area contributed by atoms with Gasteiger partial charge < -0.3 is 5.73 Å². The lowest BCUT2D eigenvalue weighted by molar-refractivity contribution is 0.719. The number of nitrogens with two attached hydrogens (primary N) is 1. The monoisotopic (exact) mass is 303 g/mol. The minimum atomic E-state index is 0.241. The zero-order chi connectivity index (χ0) is 10.7. The van der Waals surface area contributed by atoms with E-state index in [-0.39, 0.29) is 6.04 Å². The highest BCUT2D eigenvalue weighted by Crippen LogP contribution is 2.25. The van der Waals surface area contributed by atoms with Crippen molar-refractivity contribution in [2.75, 3.05) is 0 Å². The van der Waals surface area contributed by atoms with Crippen molar-refractivity contribution in [1.29, 1.82) is 0 Å². The number of halogens is 1. The van der Waals surface area contributed by atoms with Crippen LogP contribution in [-0.4, -0.2) is 6.04 Å². The molecule has 0 saturated heterocycles. The van der Waals surface area contributed by atoms with Gasteiger partial charge in [0.25, 0.3) is 0 Å².